The zero-order valence-corrected chi connectivity index (χ0v) is 13.7. The van der Waals surface area contributed by atoms with E-state index < -0.39 is 6.03 Å². The molecule has 120 valence electrons. The monoisotopic (exact) mass is 330 g/mol. The number of amides is 3. The molecule has 0 saturated carbocycles. The fourth-order valence-electron chi connectivity index (χ4n) is 2.60. The molecule has 6 nitrogen and oxygen atoms in total. The van der Waals surface area contributed by atoms with E-state index in [0.29, 0.717) is 11.7 Å². The molecule has 0 atom stereocenters. The second-order valence-electron chi connectivity index (χ2n) is 5.38. The summed E-state index contributed by atoms with van der Waals surface area (Å²) in [6.45, 7) is 2.51. The van der Waals surface area contributed by atoms with Crippen molar-refractivity contribution in [2.24, 2.45) is 0 Å². The first-order chi connectivity index (χ1) is 11.1. The van der Waals surface area contributed by atoms with Gasteiger partial charge in [-0.3, -0.25) is 10.1 Å². The van der Waals surface area contributed by atoms with Crippen LogP contribution in [0.2, 0.25) is 0 Å². The number of anilines is 2. The van der Waals surface area contributed by atoms with Crippen molar-refractivity contribution < 1.29 is 9.59 Å². The minimum atomic E-state index is -0.419. The van der Waals surface area contributed by atoms with Crippen LogP contribution in [-0.4, -0.2) is 30.0 Å². The largest absolute Gasteiger partial charge is 0.329 e. The van der Waals surface area contributed by atoms with E-state index in [1.807, 2.05) is 36.6 Å². The first kappa shape index (κ1) is 15.5. The number of aryl methyl sites for hydroxylation is 2. The van der Waals surface area contributed by atoms with Gasteiger partial charge in [0, 0.05) is 17.6 Å². The molecule has 3 rings (SSSR count). The molecule has 0 radical (unpaired) electrons. The molecule has 0 bridgehead atoms. The highest BCUT2D eigenvalue weighted by atomic mass is 32.1. The maximum Gasteiger partial charge on any atom is 0.321 e. The first-order valence-electron chi connectivity index (χ1n) is 7.49. The average Bonchev–Trinajstić information content (AvgIpc) is 2.97. The predicted molar refractivity (Wildman–Crippen MR) is 91.0 cm³/mol. The van der Waals surface area contributed by atoms with Crippen molar-refractivity contribution in [2.75, 3.05) is 23.3 Å². The van der Waals surface area contributed by atoms with Crippen molar-refractivity contribution in [3.8, 4) is 0 Å². The zero-order valence-electron chi connectivity index (χ0n) is 12.8. The number of fused-ring (bicyclic) bond motifs is 1. The number of hydrogen-bond acceptors (Lipinski definition) is 4. The van der Waals surface area contributed by atoms with Gasteiger partial charge in [-0.15, -0.1) is 11.3 Å². The van der Waals surface area contributed by atoms with E-state index in [9.17, 15) is 9.59 Å². The molecule has 0 aliphatic carbocycles. The third-order valence-corrected chi connectivity index (χ3v) is 4.53. The molecule has 0 fully saturated rings. The number of thiazole rings is 1. The van der Waals surface area contributed by atoms with Crippen molar-refractivity contribution in [1.82, 2.24) is 10.3 Å². The number of nitrogens with one attached hydrogen (secondary N) is 2. The highest BCUT2D eigenvalue weighted by molar-refractivity contribution is 7.13. The summed E-state index contributed by atoms with van der Waals surface area (Å²) in [7, 11) is 0. The summed E-state index contributed by atoms with van der Waals surface area (Å²) in [5, 5.41) is 7.60. The molecule has 0 unspecified atom stereocenters. The van der Waals surface area contributed by atoms with E-state index in [1.165, 1.54) is 16.9 Å². The maximum absolute atomic E-state index is 12.4. The summed E-state index contributed by atoms with van der Waals surface area (Å²) in [6.07, 6.45) is 1.92. The number of urea groups is 1. The normalized spacial score (nSPS) is 13.3. The molecular formula is C16H18N4O2S. The molecular weight excluding hydrogens is 312 g/mol. The van der Waals surface area contributed by atoms with Crippen LogP contribution in [0.1, 0.15) is 17.7 Å². The number of carbonyl (C=O) groups excluding carboxylic acids is 2. The lowest BCUT2D eigenvalue weighted by Gasteiger charge is -2.29. The van der Waals surface area contributed by atoms with E-state index in [-0.39, 0.29) is 12.5 Å². The summed E-state index contributed by atoms with van der Waals surface area (Å²) in [6, 6.07) is 7.48. The molecule has 1 aromatic heterocycles. The number of nitrogens with zero attached hydrogens (tertiary/aromatic N) is 2. The molecule has 0 saturated heterocycles. The van der Waals surface area contributed by atoms with Crippen LogP contribution in [0, 0.1) is 6.92 Å². The van der Waals surface area contributed by atoms with Crippen molar-refractivity contribution in [2.45, 2.75) is 19.8 Å². The molecule has 23 heavy (non-hydrogen) atoms. The number of carbonyl (C=O) groups is 2. The Kier molecular flexibility index (Phi) is 4.57. The SMILES string of the molecule is Cc1csc(NC(=O)NCC(=O)N2CCCc3ccccc32)n1. The number of rotatable bonds is 3. The molecule has 1 aliphatic heterocycles. The van der Waals surface area contributed by atoms with Gasteiger partial charge < -0.3 is 10.2 Å². The van der Waals surface area contributed by atoms with Crippen LogP contribution in [0.4, 0.5) is 15.6 Å². The van der Waals surface area contributed by atoms with Crippen LogP contribution in [0.25, 0.3) is 0 Å². The molecule has 2 aromatic rings. The summed E-state index contributed by atoms with van der Waals surface area (Å²) in [5.74, 6) is -0.109. The summed E-state index contributed by atoms with van der Waals surface area (Å²) >= 11 is 1.35. The lowest BCUT2D eigenvalue weighted by molar-refractivity contribution is -0.117. The van der Waals surface area contributed by atoms with Crippen LogP contribution in [-0.2, 0) is 11.2 Å². The van der Waals surface area contributed by atoms with Gasteiger partial charge in [0.15, 0.2) is 5.13 Å². The Labute approximate surface area is 138 Å². The van der Waals surface area contributed by atoms with Crippen molar-refractivity contribution >= 4 is 34.1 Å². The fraction of sp³-hybridized carbons (Fsp3) is 0.312. The standard InChI is InChI=1S/C16H18N4O2S/c1-11-10-23-16(18-11)19-15(22)17-9-14(21)20-8-4-6-12-5-2-3-7-13(12)20/h2-3,5,7,10H,4,6,8-9H2,1H3,(H2,17,18,19,22). The summed E-state index contributed by atoms with van der Waals surface area (Å²) in [4.78, 5) is 30.1. The smallest absolute Gasteiger partial charge is 0.321 e. The van der Waals surface area contributed by atoms with Crippen LogP contribution in [0.15, 0.2) is 29.6 Å². The molecule has 2 N–H and O–H groups in total. The lowest BCUT2D eigenvalue weighted by atomic mass is 10.0. The van der Waals surface area contributed by atoms with Gasteiger partial charge in [0.25, 0.3) is 0 Å². The fourth-order valence-corrected chi connectivity index (χ4v) is 3.28. The second-order valence-corrected chi connectivity index (χ2v) is 6.24. The van der Waals surface area contributed by atoms with Crippen LogP contribution >= 0.6 is 11.3 Å². The maximum atomic E-state index is 12.4. The molecule has 7 heteroatoms. The third-order valence-electron chi connectivity index (χ3n) is 3.65. The lowest BCUT2D eigenvalue weighted by Crippen LogP contribution is -2.43. The van der Waals surface area contributed by atoms with Crippen molar-refractivity contribution in [3.63, 3.8) is 0 Å². The van der Waals surface area contributed by atoms with Crippen LogP contribution in [0.3, 0.4) is 0 Å². The Hall–Kier alpha value is -2.41. The van der Waals surface area contributed by atoms with Crippen LogP contribution < -0.4 is 15.5 Å². The molecule has 1 aromatic carbocycles. The topological polar surface area (TPSA) is 74.3 Å². The Morgan fingerprint density at radius 2 is 2.17 bits per heavy atom. The minimum Gasteiger partial charge on any atom is -0.329 e. The van der Waals surface area contributed by atoms with E-state index in [2.05, 4.69) is 15.6 Å². The first-order valence-corrected chi connectivity index (χ1v) is 8.37. The Morgan fingerprint density at radius 1 is 1.35 bits per heavy atom. The van der Waals surface area contributed by atoms with Gasteiger partial charge >= 0.3 is 6.03 Å². The number of para-hydroxylation sites is 1. The third kappa shape index (κ3) is 3.68. The quantitative estimate of drug-likeness (QED) is 0.908. The predicted octanol–water partition coefficient (Wildman–Crippen LogP) is 2.55. The summed E-state index contributed by atoms with van der Waals surface area (Å²) < 4.78 is 0. The zero-order chi connectivity index (χ0) is 16.2. The van der Waals surface area contributed by atoms with Gasteiger partial charge in [-0.25, -0.2) is 9.78 Å². The van der Waals surface area contributed by atoms with E-state index in [1.54, 1.807) is 4.90 Å². The molecule has 3 amide bonds. The van der Waals surface area contributed by atoms with E-state index in [4.69, 9.17) is 0 Å². The highest BCUT2D eigenvalue weighted by Gasteiger charge is 2.22. The van der Waals surface area contributed by atoms with E-state index >= 15 is 0 Å². The number of hydrogen-bond donors (Lipinski definition) is 2. The van der Waals surface area contributed by atoms with Gasteiger partial charge in [0.1, 0.15) is 0 Å². The summed E-state index contributed by atoms with van der Waals surface area (Å²) in [5.41, 5.74) is 2.97. The Balaban J connectivity index is 1.57. The highest BCUT2D eigenvalue weighted by Crippen LogP contribution is 2.26. The molecule has 0 spiro atoms. The van der Waals surface area contributed by atoms with Gasteiger partial charge in [-0.2, -0.15) is 0 Å². The second kappa shape index (κ2) is 6.78. The van der Waals surface area contributed by atoms with Gasteiger partial charge in [0.05, 0.1) is 12.2 Å². The number of aromatic nitrogens is 1. The van der Waals surface area contributed by atoms with Gasteiger partial charge in [-0.05, 0) is 31.4 Å². The van der Waals surface area contributed by atoms with Crippen molar-refractivity contribution in [3.05, 3.63) is 40.9 Å². The van der Waals surface area contributed by atoms with Crippen LogP contribution in [0.5, 0.6) is 0 Å². The van der Waals surface area contributed by atoms with Gasteiger partial charge in [0.2, 0.25) is 5.91 Å². The average molecular weight is 330 g/mol. The number of benzene rings is 1. The Bertz CT molecular complexity index is 728. The van der Waals surface area contributed by atoms with E-state index in [0.717, 1.165) is 24.2 Å². The Morgan fingerprint density at radius 3 is 2.96 bits per heavy atom. The van der Waals surface area contributed by atoms with Crippen molar-refractivity contribution in [1.29, 1.82) is 0 Å². The molecule has 1 aliphatic rings. The molecule has 2 heterocycles. The van der Waals surface area contributed by atoms with Gasteiger partial charge in [-0.1, -0.05) is 18.2 Å². The minimum absolute atomic E-state index is 0.0372.